The van der Waals surface area contributed by atoms with Gasteiger partial charge in [-0.05, 0) is 109 Å². The normalized spacial score (nSPS) is 18.4. The van der Waals surface area contributed by atoms with Gasteiger partial charge in [-0.15, -0.1) is 0 Å². The van der Waals surface area contributed by atoms with E-state index in [9.17, 15) is 0 Å². The van der Waals surface area contributed by atoms with Crippen molar-refractivity contribution >= 4 is 0 Å². The average molecular weight is 485 g/mol. The molecule has 0 heteroatoms. The Morgan fingerprint density at radius 1 is 0.889 bits per heavy atom. The topological polar surface area (TPSA) is 0 Å². The number of aryl methyl sites for hydroxylation is 1. The molecule has 3 rings (SSSR count). The van der Waals surface area contributed by atoms with E-state index < -0.39 is 0 Å². The van der Waals surface area contributed by atoms with Crippen LogP contribution in [0.5, 0.6) is 0 Å². The second kappa shape index (κ2) is 12.8. The number of hydrogen-bond acceptors (Lipinski definition) is 0. The maximum absolute atomic E-state index is 4.47. The molecule has 0 spiro atoms. The molecule has 196 valence electrons. The standard InChI is InChI=1S/C34H46.C2H6/c1-24-13-10-11-16-32(24)34(8,9)26(3)17-19-29-14-12-15-31(27(29)4)22-30-20-18-28(21-25(30)2)23-33(5,6)7;1-2/h10-11,13,16-17,19,21-22H,3,12,14-15,18,20,23H2,1-2,4-9H3;1-2H3/b19-17+,31-22-;. The first-order valence-corrected chi connectivity index (χ1v) is 14.1. The Hall–Kier alpha value is -2.34. The molecule has 0 radical (unpaired) electrons. The van der Waals surface area contributed by atoms with Gasteiger partial charge in [0, 0.05) is 5.41 Å². The molecule has 1 aromatic carbocycles. The zero-order valence-electron chi connectivity index (χ0n) is 25.1. The third-order valence-corrected chi connectivity index (χ3v) is 7.71. The van der Waals surface area contributed by atoms with E-state index in [1.54, 1.807) is 5.57 Å². The largest absolute Gasteiger partial charge is 0.0949 e. The van der Waals surface area contributed by atoms with Gasteiger partial charge in [0.2, 0.25) is 0 Å². The molecule has 0 saturated heterocycles. The zero-order chi connectivity index (χ0) is 27.1. The smallest absolute Gasteiger partial charge is 0.0143 e. The van der Waals surface area contributed by atoms with Gasteiger partial charge in [0.1, 0.15) is 0 Å². The maximum Gasteiger partial charge on any atom is 0.0143 e. The first kappa shape index (κ1) is 29.9. The molecule has 1 aromatic rings. The van der Waals surface area contributed by atoms with Crippen LogP contribution in [-0.2, 0) is 5.41 Å². The van der Waals surface area contributed by atoms with Crippen LogP contribution >= 0.6 is 0 Å². The minimum absolute atomic E-state index is 0.0786. The highest BCUT2D eigenvalue weighted by atomic mass is 14.3. The minimum Gasteiger partial charge on any atom is -0.0949 e. The molecule has 0 saturated carbocycles. The van der Waals surface area contributed by atoms with Crippen LogP contribution in [-0.4, -0.2) is 0 Å². The Balaban J connectivity index is 0.00000222. The van der Waals surface area contributed by atoms with Gasteiger partial charge < -0.3 is 0 Å². The Bertz CT molecular complexity index is 1080. The molecular formula is C36H52. The van der Waals surface area contributed by atoms with Crippen molar-refractivity contribution in [2.45, 2.75) is 113 Å². The molecule has 0 N–H and O–H groups in total. The summed E-state index contributed by atoms with van der Waals surface area (Å²) in [5.74, 6) is 0. The lowest BCUT2D eigenvalue weighted by molar-refractivity contribution is 0.403. The number of allylic oxidation sites excluding steroid dienone is 11. The highest BCUT2D eigenvalue weighted by Crippen LogP contribution is 2.37. The molecule has 0 aliphatic heterocycles. The van der Waals surface area contributed by atoms with Crippen LogP contribution in [0.25, 0.3) is 0 Å². The molecule has 0 nitrogen and oxygen atoms in total. The van der Waals surface area contributed by atoms with Crippen LogP contribution in [0.1, 0.15) is 112 Å². The molecule has 0 bridgehead atoms. The van der Waals surface area contributed by atoms with Crippen LogP contribution in [0.15, 0.2) is 94.2 Å². The number of rotatable bonds is 6. The summed E-state index contributed by atoms with van der Waals surface area (Å²) in [4.78, 5) is 0. The van der Waals surface area contributed by atoms with E-state index in [1.165, 1.54) is 76.7 Å². The molecule has 0 aromatic heterocycles. The van der Waals surface area contributed by atoms with Gasteiger partial charge >= 0.3 is 0 Å². The fourth-order valence-electron chi connectivity index (χ4n) is 5.48. The summed E-state index contributed by atoms with van der Waals surface area (Å²) >= 11 is 0. The SMILES string of the molecule is C=C(/C=C/C1=C(C)C(=C\C2=C(C)C=C(CC(C)(C)C)CC2)/CCC1)C(C)(C)c1ccccc1C.CC. The first-order valence-electron chi connectivity index (χ1n) is 14.1. The minimum atomic E-state index is -0.0786. The van der Waals surface area contributed by atoms with E-state index >= 15 is 0 Å². The number of hydrogen-bond donors (Lipinski definition) is 0. The summed E-state index contributed by atoms with van der Waals surface area (Å²) in [6.07, 6.45) is 16.7. The summed E-state index contributed by atoms with van der Waals surface area (Å²) in [5.41, 5.74) is 13.2. The molecule has 36 heavy (non-hydrogen) atoms. The van der Waals surface area contributed by atoms with Gasteiger partial charge in [-0.2, -0.15) is 0 Å². The Kier molecular flexibility index (Phi) is 10.6. The molecule has 0 amide bonds. The van der Waals surface area contributed by atoms with Crippen molar-refractivity contribution in [3.63, 3.8) is 0 Å². The molecule has 2 aliphatic rings. The highest BCUT2D eigenvalue weighted by molar-refractivity contribution is 5.50. The third kappa shape index (κ3) is 7.83. The highest BCUT2D eigenvalue weighted by Gasteiger charge is 2.24. The molecule has 0 fully saturated rings. The summed E-state index contributed by atoms with van der Waals surface area (Å²) in [5, 5.41) is 0. The van der Waals surface area contributed by atoms with Gasteiger partial charge in [0.25, 0.3) is 0 Å². The molecular weight excluding hydrogens is 432 g/mol. The van der Waals surface area contributed by atoms with E-state index in [2.05, 4.69) is 111 Å². The maximum atomic E-state index is 4.47. The van der Waals surface area contributed by atoms with E-state index in [0.717, 1.165) is 6.42 Å². The van der Waals surface area contributed by atoms with Gasteiger partial charge in [-0.25, -0.2) is 0 Å². The molecule has 2 aliphatic carbocycles. The van der Waals surface area contributed by atoms with Crippen molar-refractivity contribution in [2.24, 2.45) is 5.41 Å². The van der Waals surface area contributed by atoms with Crippen molar-refractivity contribution in [3.8, 4) is 0 Å². The summed E-state index contributed by atoms with van der Waals surface area (Å²) in [6, 6.07) is 8.68. The zero-order valence-corrected chi connectivity index (χ0v) is 25.1. The van der Waals surface area contributed by atoms with Crippen molar-refractivity contribution in [1.82, 2.24) is 0 Å². The Labute approximate surface area is 223 Å². The summed E-state index contributed by atoms with van der Waals surface area (Å²) in [6.45, 7) is 26.9. The molecule has 0 heterocycles. The Morgan fingerprint density at radius 2 is 1.56 bits per heavy atom. The lowest BCUT2D eigenvalue weighted by atomic mass is 9.76. The van der Waals surface area contributed by atoms with Crippen molar-refractivity contribution in [1.29, 1.82) is 0 Å². The monoisotopic (exact) mass is 484 g/mol. The average Bonchev–Trinajstić information content (AvgIpc) is 2.81. The molecule has 0 unspecified atom stereocenters. The quantitative estimate of drug-likeness (QED) is 0.352. The van der Waals surface area contributed by atoms with Gasteiger partial charge in [0.05, 0.1) is 0 Å². The van der Waals surface area contributed by atoms with Crippen molar-refractivity contribution < 1.29 is 0 Å². The van der Waals surface area contributed by atoms with Crippen LogP contribution in [0.4, 0.5) is 0 Å². The fraction of sp³-hybridized carbons (Fsp3) is 0.500. The lowest BCUT2D eigenvalue weighted by Gasteiger charge is -2.28. The second-order valence-corrected chi connectivity index (χ2v) is 12.2. The fourth-order valence-corrected chi connectivity index (χ4v) is 5.48. The van der Waals surface area contributed by atoms with Gasteiger partial charge in [0.15, 0.2) is 0 Å². The van der Waals surface area contributed by atoms with Crippen LogP contribution in [0, 0.1) is 12.3 Å². The first-order chi connectivity index (χ1) is 16.9. The van der Waals surface area contributed by atoms with Crippen molar-refractivity contribution in [2.75, 3.05) is 0 Å². The van der Waals surface area contributed by atoms with Crippen LogP contribution in [0.3, 0.4) is 0 Å². The predicted octanol–water partition coefficient (Wildman–Crippen LogP) is 11.3. The van der Waals surface area contributed by atoms with Crippen LogP contribution in [0.2, 0.25) is 0 Å². The summed E-state index contributed by atoms with van der Waals surface area (Å²) < 4.78 is 0. The predicted molar refractivity (Wildman–Crippen MR) is 163 cm³/mol. The van der Waals surface area contributed by atoms with Crippen molar-refractivity contribution in [3.05, 3.63) is 105 Å². The van der Waals surface area contributed by atoms with E-state index in [0.29, 0.717) is 5.41 Å². The lowest BCUT2D eigenvalue weighted by Crippen LogP contribution is -2.20. The van der Waals surface area contributed by atoms with E-state index in [1.807, 2.05) is 13.8 Å². The Morgan fingerprint density at radius 3 is 2.17 bits per heavy atom. The van der Waals surface area contributed by atoms with E-state index in [4.69, 9.17) is 0 Å². The van der Waals surface area contributed by atoms with E-state index in [-0.39, 0.29) is 5.41 Å². The number of benzene rings is 1. The summed E-state index contributed by atoms with van der Waals surface area (Å²) in [7, 11) is 0. The second-order valence-electron chi connectivity index (χ2n) is 12.2. The molecule has 0 atom stereocenters. The van der Waals surface area contributed by atoms with Crippen LogP contribution < -0.4 is 0 Å². The van der Waals surface area contributed by atoms with Gasteiger partial charge in [-0.3, -0.25) is 0 Å². The third-order valence-electron chi connectivity index (χ3n) is 7.71. The van der Waals surface area contributed by atoms with Gasteiger partial charge in [-0.1, -0.05) is 109 Å².